The Kier molecular flexibility index (Phi) is 6.65. The maximum atomic E-state index is 13.4. The number of ether oxygens (including phenoxy) is 1. The van der Waals surface area contributed by atoms with Crippen molar-refractivity contribution in [2.75, 3.05) is 13.2 Å². The minimum Gasteiger partial charge on any atom is -0.378 e. The fourth-order valence-electron chi connectivity index (χ4n) is 3.01. The van der Waals surface area contributed by atoms with Crippen LogP contribution in [0.2, 0.25) is 0 Å². The minimum absolute atomic E-state index is 0.135. The number of rotatable bonds is 8. The summed E-state index contributed by atoms with van der Waals surface area (Å²) >= 11 is 0. The van der Waals surface area contributed by atoms with E-state index in [0.717, 1.165) is 44.4 Å². The molecule has 1 heterocycles. The van der Waals surface area contributed by atoms with Gasteiger partial charge in [0, 0.05) is 12.6 Å². The van der Waals surface area contributed by atoms with Gasteiger partial charge in [0.1, 0.15) is 5.82 Å². The summed E-state index contributed by atoms with van der Waals surface area (Å²) in [6, 6.07) is 5.51. The first-order chi connectivity index (χ1) is 10.2. The van der Waals surface area contributed by atoms with Crippen LogP contribution in [0.3, 0.4) is 0 Å². The Balaban J connectivity index is 1.92. The van der Waals surface area contributed by atoms with E-state index in [9.17, 15) is 4.39 Å². The SMILES string of the molecule is CCCNC(CCC1CCCO1)Cc1cc(F)ccc1C. The highest BCUT2D eigenvalue weighted by atomic mass is 19.1. The van der Waals surface area contributed by atoms with Gasteiger partial charge in [0.05, 0.1) is 6.10 Å². The summed E-state index contributed by atoms with van der Waals surface area (Å²) in [5.41, 5.74) is 2.30. The molecular weight excluding hydrogens is 265 g/mol. The van der Waals surface area contributed by atoms with Gasteiger partial charge in [-0.25, -0.2) is 4.39 Å². The van der Waals surface area contributed by atoms with Crippen molar-refractivity contribution in [3.05, 3.63) is 35.1 Å². The van der Waals surface area contributed by atoms with Gasteiger partial charge in [0.2, 0.25) is 0 Å². The second-order valence-corrected chi connectivity index (χ2v) is 6.14. The minimum atomic E-state index is -0.135. The fraction of sp³-hybridized carbons (Fsp3) is 0.667. The molecule has 2 rings (SSSR count). The Hall–Kier alpha value is -0.930. The molecule has 2 unspecified atom stereocenters. The predicted molar refractivity (Wildman–Crippen MR) is 85.1 cm³/mol. The Morgan fingerprint density at radius 2 is 2.29 bits per heavy atom. The summed E-state index contributed by atoms with van der Waals surface area (Å²) in [7, 11) is 0. The lowest BCUT2D eigenvalue weighted by Gasteiger charge is -2.21. The summed E-state index contributed by atoms with van der Waals surface area (Å²) in [4.78, 5) is 0. The number of aryl methyl sites for hydroxylation is 1. The molecule has 0 aromatic heterocycles. The van der Waals surface area contributed by atoms with Gasteiger partial charge in [0.15, 0.2) is 0 Å². The normalized spacial score (nSPS) is 19.9. The molecule has 1 N–H and O–H groups in total. The van der Waals surface area contributed by atoms with E-state index in [1.807, 2.05) is 6.07 Å². The van der Waals surface area contributed by atoms with E-state index < -0.39 is 0 Å². The second-order valence-electron chi connectivity index (χ2n) is 6.14. The largest absolute Gasteiger partial charge is 0.378 e. The van der Waals surface area contributed by atoms with E-state index in [1.54, 1.807) is 12.1 Å². The Bertz CT molecular complexity index is 429. The van der Waals surface area contributed by atoms with Crippen LogP contribution in [-0.4, -0.2) is 25.3 Å². The van der Waals surface area contributed by atoms with Gasteiger partial charge in [0.25, 0.3) is 0 Å². The number of hydrogen-bond acceptors (Lipinski definition) is 2. The Morgan fingerprint density at radius 3 is 3.00 bits per heavy atom. The van der Waals surface area contributed by atoms with Gasteiger partial charge in [-0.05, 0) is 75.3 Å². The van der Waals surface area contributed by atoms with Crippen LogP contribution < -0.4 is 5.32 Å². The lowest BCUT2D eigenvalue weighted by molar-refractivity contribution is 0.0995. The summed E-state index contributed by atoms with van der Waals surface area (Å²) in [5.74, 6) is -0.135. The monoisotopic (exact) mass is 293 g/mol. The van der Waals surface area contributed by atoms with Crippen molar-refractivity contribution in [3.63, 3.8) is 0 Å². The van der Waals surface area contributed by atoms with Crippen LogP contribution >= 0.6 is 0 Å². The van der Waals surface area contributed by atoms with Gasteiger partial charge >= 0.3 is 0 Å². The van der Waals surface area contributed by atoms with Crippen LogP contribution in [0.15, 0.2) is 18.2 Å². The maximum absolute atomic E-state index is 13.4. The van der Waals surface area contributed by atoms with Crippen molar-refractivity contribution in [1.82, 2.24) is 5.32 Å². The molecule has 0 aliphatic carbocycles. The van der Waals surface area contributed by atoms with Gasteiger partial charge < -0.3 is 10.1 Å². The van der Waals surface area contributed by atoms with Crippen molar-refractivity contribution < 1.29 is 9.13 Å². The molecule has 0 spiro atoms. The zero-order valence-electron chi connectivity index (χ0n) is 13.3. The van der Waals surface area contributed by atoms with E-state index in [4.69, 9.17) is 4.74 Å². The van der Waals surface area contributed by atoms with Crippen LogP contribution in [-0.2, 0) is 11.2 Å². The number of nitrogens with one attached hydrogen (secondary N) is 1. The van der Waals surface area contributed by atoms with Gasteiger partial charge in [-0.15, -0.1) is 0 Å². The van der Waals surface area contributed by atoms with E-state index in [0.29, 0.717) is 12.1 Å². The molecule has 0 saturated carbocycles. The molecule has 118 valence electrons. The lowest BCUT2D eigenvalue weighted by Crippen LogP contribution is -2.33. The van der Waals surface area contributed by atoms with Gasteiger partial charge in [-0.2, -0.15) is 0 Å². The molecule has 2 nitrogen and oxygen atoms in total. The highest BCUT2D eigenvalue weighted by molar-refractivity contribution is 5.27. The van der Waals surface area contributed by atoms with Gasteiger partial charge in [-0.3, -0.25) is 0 Å². The standard InChI is InChI=1S/C18H28FNO/c1-3-10-20-17(8-9-18-5-4-11-21-18)13-15-12-16(19)7-6-14(15)2/h6-7,12,17-18,20H,3-5,8-11,13H2,1-2H3. The smallest absolute Gasteiger partial charge is 0.123 e. The van der Waals surface area contributed by atoms with Crippen molar-refractivity contribution in [2.24, 2.45) is 0 Å². The Labute approximate surface area is 128 Å². The maximum Gasteiger partial charge on any atom is 0.123 e. The molecule has 1 aliphatic heterocycles. The highest BCUT2D eigenvalue weighted by Crippen LogP contribution is 2.20. The second kappa shape index (κ2) is 8.50. The molecule has 0 bridgehead atoms. The quantitative estimate of drug-likeness (QED) is 0.782. The lowest BCUT2D eigenvalue weighted by atomic mass is 9.96. The first-order valence-electron chi connectivity index (χ1n) is 8.29. The molecule has 1 aromatic rings. The topological polar surface area (TPSA) is 21.3 Å². The van der Waals surface area contributed by atoms with Crippen LogP contribution in [0.1, 0.15) is 50.2 Å². The predicted octanol–water partition coefficient (Wildman–Crippen LogP) is 4.00. The molecule has 1 fully saturated rings. The van der Waals surface area contributed by atoms with Crippen molar-refractivity contribution >= 4 is 0 Å². The summed E-state index contributed by atoms with van der Waals surface area (Å²) in [6.07, 6.45) is 7.05. The van der Waals surface area contributed by atoms with E-state index >= 15 is 0 Å². The van der Waals surface area contributed by atoms with E-state index in [-0.39, 0.29) is 5.82 Å². The third kappa shape index (κ3) is 5.40. The average molecular weight is 293 g/mol. The van der Waals surface area contributed by atoms with Crippen molar-refractivity contribution in [2.45, 2.75) is 64.5 Å². The third-order valence-corrected chi connectivity index (χ3v) is 4.32. The Morgan fingerprint density at radius 1 is 1.43 bits per heavy atom. The summed E-state index contributed by atoms with van der Waals surface area (Å²) in [6.45, 7) is 6.18. The van der Waals surface area contributed by atoms with Crippen molar-refractivity contribution in [3.8, 4) is 0 Å². The molecule has 0 radical (unpaired) electrons. The highest BCUT2D eigenvalue weighted by Gasteiger charge is 2.18. The average Bonchev–Trinajstić information content (AvgIpc) is 2.99. The van der Waals surface area contributed by atoms with Crippen LogP contribution in [0, 0.1) is 12.7 Å². The van der Waals surface area contributed by atoms with Gasteiger partial charge in [-0.1, -0.05) is 13.0 Å². The first kappa shape index (κ1) is 16.4. The number of hydrogen-bond donors (Lipinski definition) is 1. The molecule has 1 aromatic carbocycles. The van der Waals surface area contributed by atoms with Crippen LogP contribution in [0.5, 0.6) is 0 Å². The summed E-state index contributed by atoms with van der Waals surface area (Å²) < 4.78 is 19.2. The molecular formula is C18H28FNO. The molecule has 1 aliphatic rings. The van der Waals surface area contributed by atoms with E-state index in [1.165, 1.54) is 18.4 Å². The van der Waals surface area contributed by atoms with Crippen molar-refractivity contribution in [1.29, 1.82) is 0 Å². The van der Waals surface area contributed by atoms with Crippen LogP contribution in [0.25, 0.3) is 0 Å². The van der Waals surface area contributed by atoms with Crippen LogP contribution in [0.4, 0.5) is 4.39 Å². The first-order valence-corrected chi connectivity index (χ1v) is 8.29. The summed E-state index contributed by atoms with van der Waals surface area (Å²) in [5, 5.41) is 3.61. The molecule has 2 atom stereocenters. The number of benzene rings is 1. The molecule has 0 amide bonds. The zero-order valence-corrected chi connectivity index (χ0v) is 13.3. The van der Waals surface area contributed by atoms with E-state index in [2.05, 4.69) is 19.2 Å². The molecule has 3 heteroatoms. The third-order valence-electron chi connectivity index (χ3n) is 4.32. The fourth-order valence-corrected chi connectivity index (χ4v) is 3.01. The molecule has 1 saturated heterocycles. The molecule has 21 heavy (non-hydrogen) atoms. The number of halogens is 1. The zero-order chi connectivity index (χ0) is 15.1.